The molecule has 4 aromatic rings. The first kappa shape index (κ1) is 18.1. The molecule has 0 unspecified atom stereocenters. The Morgan fingerprint density at radius 1 is 1.15 bits per heavy atom. The number of thiophene rings is 1. The molecule has 0 fully saturated rings. The van der Waals surface area contributed by atoms with E-state index in [4.69, 9.17) is 23.2 Å². The standard InChI is InChI=1S/C19H14Cl2N4OS/c1-9-6-10(2)23-18-15(9)16-17(27-18)19(26)25(11(3)24-16)22-8-12-4-5-13(20)7-14(12)21/h4-8H,1-3H3/b22-8+. The number of fused-ring (bicyclic) bond motifs is 3. The summed E-state index contributed by atoms with van der Waals surface area (Å²) in [5.41, 5.74) is 3.09. The molecule has 0 spiro atoms. The van der Waals surface area contributed by atoms with Crippen LogP contribution in [-0.2, 0) is 0 Å². The molecule has 3 heterocycles. The summed E-state index contributed by atoms with van der Waals surface area (Å²) >= 11 is 13.4. The zero-order chi connectivity index (χ0) is 19.3. The van der Waals surface area contributed by atoms with Crippen molar-refractivity contribution in [2.75, 3.05) is 0 Å². The van der Waals surface area contributed by atoms with Gasteiger partial charge in [0.25, 0.3) is 5.56 Å². The summed E-state index contributed by atoms with van der Waals surface area (Å²) in [6, 6.07) is 7.09. The molecule has 4 rings (SSSR count). The number of hydrogen-bond acceptors (Lipinski definition) is 5. The highest BCUT2D eigenvalue weighted by Crippen LogP contribution is 2.32. The van der Waals surface area contributed by atoms with Gasteiger partial charge < -0.3 is 0 Å². The normalized spacial score (nSPS) is 11.9. The molecule has 136 valence electrons. The summed E-state index contributed by atoms with van der Waals surface area (Å²) in [4.78, 5) is 23.0. The Morgan fingerprint density at radius 3 is 2.67 bits per heavy atom. The summed E-state index contributed by atoms with van der Waals surface area (Å²) in [7, 11) is 0. The third-order valence-corrected chi connectivity index (χ3v) is 5.83. The lowest BCUT2D eigenvalue weighted by Crippen LogP contribution is -2.19. The third-order valence-electron chi connectivity index (χ3n) is 4.20. The van der Waals surface area contributed by atoms with E-state index in [1.54, 1.807) is 25.1 Å². The van der Waals surface area contributed by atoms with Gasteiger partial charge in [-0.05, 0) is 44.5 Å². The first-order valence-electron chi connectivity index (χ1n) is 8.14. The summed E-state index contributed by atoms with van der Waals surface area (Å²) in [6.45, 7) is 5.70. The summed E-state index contributed by atoms with van der Waals surface area (Å²) < 4.78 is 1.82. The second-order valence-electron chi connectivity index (χ2n) is 6.23. The minimum atomic E-state index is -0.223. The molecule has 0 saturated heterocycles. The van der Waals surface area contributed by atoms with Crippen LogP contribution in [0.4, 0.5) is 0 Å². The van der Waals surface area contributed by atoms with Crippen molar-refractivity contribution in [2.45, 2.75) is 20.8 Å². The van der Waals surface area contributed by atoms with E-state index in [1.165, 1.54) is 22.2 Å². The molecule has 0 atom stereocenters. The van der Waals surface area contributed by atoms with Gasteiger partial charge in [-0.15, -0.1) is 11.3 Å². The van der Waals surface area contributed by atoms with Crippen molar-refractivity contribution >= 4 is 61.2 Å². The lowest BCUT2D eigenvalue weighted by atomic mass is 10.1. The lowest BCUT2D eigenvalue weighted by molar-refractivity contribution is 0.773. The highest BCUT2D eigenvalue weighted by Gasteiger charge is 2.16. The van der Waals surface area contributed by atoms with Gasteiger partial charge in [-0.25, -0.2) is 9.97 Å². The highest BCUT2D eigenvalue weighted by molar-refractivity contribution is 7.25. The Kier molecular flexibility index (Phi) is 4.50. The maximum Gasteiger partial charge on any atom is 0.292 e. The van der Waals surface area contributed by atoms with Crippen molar-refractivity contribution in [1.29, 1.82) is 0 Å². The van der Waals surface area contributed by atoms with Crippen LogP contribution in [0.2, 0.25) is 10.0 Å². The van der Waals surface area contributed by atoms with Crippen LogP contribution in [0.1, 0.15) is 22.6 Å². The van der Waals surface area contributed by atoms with Crippen molar-refractivity contribution in [3.05, 3.63) is 67.3 Å². The third kappa shape index (κ3) is 3.14. The van der Waals surface area contributed by atoms with Crippen molar-refractivity contribution in [3.8, 4) is 0 Å². The summed E-state index contributed by atoms with van der Waals surface area (Å²) in [5, 5.41) is 6.23. The second kappa shape index (κ2) is 6.71. The fourth-order valence-corrected chi connectivity index (χ4v) is 4.61. The largest absolute Gasteiger partial charge is 0.292 e. The van der Waals surface area contributed by atoms with E-state index in [0.717, 1.165) is 21.5 Å². The Bertz CT molecular complexity index is 1310. The van der Waals surface area contributed by atoms with E-state index in [0.29, 0.717) is 31.6 Å². The van der Waals surface area contributed by atoms with Crippen LogP contribution in [0.5, 0.6) is 0 Å². The zero-order valence-corrected chi connectivity index (χ0v) is 17.1. The van der Waals surface area contributed by atoms with E-state index in [-0.39, 0.29) is 5.56 Å². The molecule has 0 N–H and O–H groups in total. The average molecular weight is 417 g/mol. The number of nitrogens with zero attached hydrogens (tertiary/aromatic N) is 4. The zero-order valence-electron chi connectivity index (χ0n) is 14.7. The molecule has 0 bridgehead atoms. The van der Waals surface area contributed by atoms with E-state index in [1.807, 2.05) is 19.9 Å². The maximum absolute atomic E-state index is 13.0. The Hall–Kier alpha value is -2.28. The molecular weight excluding hydrogens is 403 g/mol. The number of pyridine rings is 1. The second-order valence-corrected chi connectivity index (χ2v) is 8.07. The van der Waals surface area contributed by atoms with Crippen LogP contribution in [0, 0.1) is 20.8 Å². The number of aryl methyl sites for hydroxylation is 3. The van der Waals surface area contributed by atoms with Gasteiger partial charge in [0, 0.05) is 21.7 Å². The molecular formula is C19H14Cl2N4OS. The van der Waals surface area contributed by atoms with Gasteiger partial charge in [-0.1, -0.05) is 29.3 Å². The molecule has 0 aliphatic heterocycles. The Morgan fingerprint density at radius 2 is 1.93 bits per heavy atom. The van der Waals surface area contributed by atoms with Gasteiger partial charge in [0.15, 0.2) is 0 Å². The quantitative estimate of drug-likeness (QED) is 0.426. The lowest BCUT2D eigenvalue weighted by Gasteiger charge is -2.04. The molecule has 8 heteroatoms. The first-order chi connectivity index (χ1) is 12.8. The van der Waals surface area contributed by atoms with Crippen molar-refractivity contribution < 1.29 is 0 Å². The number of benzene rings is 1. The van der Waals surface area contributed by atoms with Gasteiger partial charge in [0.2, 0.25) is 0 Å². The number of hydrogen-bond donors (Lipinski definition) is 0. The molecule has 5 nitrogen and oxygen atoms in total. The maximum atomic E-state index is 13.0. The fourth-order valence-electron chi connectivity index (χ4n) is 2.99. The number of halogens is 2. The van der Waals surface area contributed by atoms with E-state index < -0.39 is 0 Å². The number of aromatic nitrogens is 3. The topological polar surface area (TPSA) is 60.1 Å². The molecule has 0 radical (unpaired) electrons. The SMILES string of the molecule is Cc1cc(C)c2c(n1)sc1c(=O)n(/N=C/c3ccc(Cl)cc3Cl)c(C)nc12. The Balaban J connectivity index is 1.92. The van der Waals surface area contributed by atoms with E-state index in [9.17, 15) is 4.79 Å². The van der Waals surface area contributed by atoms with Gasteiger partial charge >= 0.3 is 0 Å². The van der Waals surface area contributed by atoms with Crippen LogP contribution >= 0.6 is 34.5 Å². The molecule has 1 aromatic carbocycles. The van der Waals surface area contributed by atoms with Crippen LogP contribution in [0.25, 0.3) is 20.4 Å². The minimum Gasteiger partial charge on any atom is -0.266 e. The molecule has 0 saturated carbocycles. The van der Waals surface area contributed by atoms with Crippen molar-refractivity contribution in [1.82, 2.24) is 14.6 Å². The number of rotatable bonds is 2. The molecule has 27 heavy (non-hydrogen) atoms. The molecule has 0 amide bonds. The molecule has 0 aliphatic carbocycles. The van der Waals surface area contributed by atoms with Crippen LogP contribution in [-0.4, -0.2) is 20.9 Å². The van der Waals surface area contributed by atoms with Gasteiger partial charge in [-0.2, -0.15) is 9.78 Å². The average Bonchev–Trinajstić information content (AvgIpc) is 2.94. The summed E-state index contributed by atoms with van der Waals surface area (Å²) in [6.07, 6.45) is 1.53. The Labute approximate surface area is 168 Å². The van der Waals surface area contributed by atoms with Crippen LogP contribution < -0.4 is 5.56 Å². The molecule has 0 aliphatic rings. The van der Waals surface area contributed by atoms with E-state index >= 15 is 0 Å². The molecule has 3 aromatic heterocycles. The van der Waals surface area contributed by atoms with E-state index in [2.05, 4.69) is 15.1 Å². The van der Waals surface area contributed by atoms with Gasteiger partial charge in [0.05, 0.1) is 16.8 Å². The van der Waals surface area contributed by atoms with Crippen LogP contribution in [0.3, 0.4) is 0 Å². The minimum absolute atomic E-state index is 0.223. The summed E-state index contributed by atoms with van der Waals surface area (Å²) in [5.74, 6) is 0.494. The predicted molar refractivity (Wildman–Crippen MR) is 113 cm³/mol. The monoisotopic (exact) mass is 416 g/mol. The fraction of sp³-hybridized carbons (Fsp3) is 0.158. The first-order valence-corrected chi connectivity index (χ1v) is 9.72. The smallest absolute Gasteiger partial charge is 0.266 e. The highest BCUT2D eigenvalue weighted by atomic mass is 35.5. The van der Waals surface area contributed by atoms with Crippen LogP contribution in [0.15, 0.2) is 34.2 Å². The van der Waals surface area contributed by atoms with Gasteiger partial charge in [0.1, 0.15) is 15.4 Å². The van der Waals surface area contributed by atoms with Gasteiger partial charge in [-0.3, -0.25) is 4.79 Å². The van der Waals surface area contributed by atoms with Crippen molar-refractivity contribution in [3.63, 3.8) is 0 Å². The predicted octanol–water partition coefficient (Wildman–Crippen LogP) is 5.12. The van der Waals surface area contributed by atoms with Crippen molar-refractivity contribution in [2.24, 2.45) is 5.10 Å².